The number of alkyl carbamates (subject to hydrolysis) is 1. The second-order valence-electron chi connectivity index (χ2n) is 11.9. The topological polar surface area (TPSA) is 108 Å². The molecule has 3 N–H and O–H groups in total. The molecule has 1 aromatic carbocycles. The zero-order valence-electron chi connectivity index (χ0n) is 24.7. The number of phenolic OH excluding ortho intramolecular Hbond substituents is 1. The zero-order chi connectivity index (χ0) is 28.7. The van der Waals surface area contributed by atoms with E-state index in [1.54, 1.807) is 45.9 Å². The van der Waals surface area contributed by atoms with Crippen molar-refractivity contribution >= 4 is 17.9 Å². The number of para-hydroxylation sites is 1. The fourth-order valence-electron chi connectivity index (χ4n) is 4.17. The van der Waals surface area contributed by atoms with Crippen LogP contribution in [0, 0.1) is 12.8 Å². The number of nitrogens with zero attached hydrogens (tertiary/aromatic N) is 1. The third-order valence-corrected chi connectivity index (χ3v) is 6.54. The highest BCUT2D eigenvalue weighted by Gasteiger charge is 2.45. The number of amides is 3. The number of rotatable bonds is 11. The van der Waals surface area contributed by atoms with E-state index in [9.17, 15) is 19.5 Å². The molecular formula is C29H49N3O5. The molecule has 3 unspecified atom stereocenters. The van der Waals surface area contributed by atoms with Crippen LogP contribution in [0.4, 0.5) is 4.79 Å². The Bertz CT molecular complexity index is 936. The largest absolute Gasteiger partial charge is 0.507 e. The maximum absolute atomic E-state index is 14.3. The van der Waals surface area contributed by atoms with Gasteiger partial charge >= 0.3 is 6.09 Å². The molecule has 0 saturated heterocycles. The molecule has 0 bridgehead atoms. The summed E-state index contributed by atoms with van der Waals surface area (Å²) in [5.41, 5.74) is -0.574. The Labute approximate surface area is 223 Å². The number of benzene rings is 1. The minimum Gasteiger partial charge on any atom is -0.507 e. The van der Waals surface area contributed by atoms with E-state index in [1.807, 2.05) is 48.5 Å². The summed E-state index contributed by atoms with van der Waals surface area (Å²) in [5.74, 6) is -1.12. The van der Waals surface area contributed by atoms with E-state index in [0.717, 1.165) is 12.8 Å². The van der Waals surface area contributed by atoms with E-state index in [1.165, 1.54) is 4.90 Å². The predicted molar refractivity (Wildman–Crippen MR) is 147 cm³/mol. The van der Waals surface area contributed by atoms with Crippen molar-refractivity contribution in [2.45, 2.75) is 125 Å². The summed E-state index contributed by atoms with van der Waals surface area (Å²) in [6, 6.07) is 3.02. The average Bonchev–Trinajstić information content (AvgIpc) is 2.76. The van der Waals surface area contributed by atoms with Crippen molar-refractivity contribution in [3.8, 4) is 5.75 Å². The van der Waals surface area contributed by atoms with Gasteiger partial charge in [0.2, 0.25) is 11.8 Å². The number of ether oxygens (including phenoxy) is 1. The minimum absolute atomic E-state index is 0.0308. The van der Waals surface area contributed by atoms with Gasteiger partial charge in [-0.2, -0.15) is 0 Å². The molecule has 0 aromatic heterocycles. The Balaban J connectivity index is 3.72. The van der Waals surface area contributed by atoms with Crippen LogP contribution >= 0.6 is 0 Å². The average molecular weight is 520 g/mol. The van der Waals surface area contributed by atoms with E-state index in [-0.39, 0.29) is 23.6 Å². The van der Waals surface area contributed by atoms with Gasteiger partial charge in [0, 0.05) is 17.1 Å². The van der Waals surface area contributed by atoms with Gasteiger partial charge in [-0.15, -0.1) is 0 Å². The van der Waals surface area contributed by atoms with Crippen LogP contribution in [-0.2, 0) is 14.3 Å². The predicted octanol–water partition coefficient (Wildman–Crippen LogP) is 5.61. The molecule has 3 atom stereocenters. The molecule has 0 spiro atoms. The molecule has 210 valence electrons. The molecule has 0 heterocycles. The van der Waals surface area contributed by atoms with Gasteiger partial charge < -0.3 is 25.4 Å². The van der Waals surface area contributed by atoms with Gasteiger partial charge in [-0.25, -0.2) is 4.79 Å². The maximum Gasteiger partial charge on any atom is 0.408 e. The van der Waals surface area contributed by atoms with Gasteiger partial charge in [0.25, 0.3) is 0 Å². The van der Waals surface area contributed by atoms with Crippen LogP contribution < -0.4 is 10.6 Å². The van der Waals surface area contributed by atoms with Crippen molar-refractivity contribution in [1.29, 1.82) is 0 Å². The highest BCUT2D eigenvalue weighted by Crippen LogP contribution is 2.37. The van der Waals surface area contributed by atoms with E-state index >= 15 is 0 Å². The Morgan fingerprint density at radius 3 is 2.11 bits per heavy atom. The number of aromatic hydroxyl groups is 1. The summed E-state index contributed by atoms with van der Waals surface area (Å²) in [4.78, 5) is 42.4. The number of phenols is 1. The molecule has 37 heavy (non-hydrogen) atoms. The van der Waals surface area contributed by atoms with Gasteiger partial charge in [0.1, 0.15) is 23.4 Å². The lowest BCUT2D eigenvalue weighted by Gasteiger charge is -2.45. The zero-order valence-corrected chi connectivity index (χ0v) is 24.7. The number of nitrogens with one attached hydrogen (secondary N) is 2. The number of hydrogen-bond donors (Lipinski definition) is 3. The lowest BCUT2D eigenvalue weighted by Crippen LogP contribution is -2.60. The second kappa shape index (κ2) is 13.2. The number of carbonyl (C=O) groups is 3. The van der Waals surface area contributed by atoms with E-state index in [0.29, 0.717) is 17.5 Å². The first-order chi connectivity index (χ1) is 17.0. The van der Waals surface area contributed by atoms with E-state index in [4.69, 9.17) is 4.74 Å². The van der Waals surface area contributed by atoms with Crippen LogP contribution in [-0.4, -0.2) is 51.1 Å². The van der Waals surface area contributed by atoms with E-state index in [2.05, 4.69) is 10.6 Å². The van der Waals surface area contributed by atoms with Gasteiger partial charge in [0.05, 0.1) is 0 Å². The van der Waals surface area contributed by atoms with Gasteiger partial charge in [-0.05, 0) is 72.8 Å². The summed E-state index contributed by atoms with van der Waals surface area (Å²) in [5, 5.41) is 16.8. The third-order valence-electron chi connectivity index (χ3n) is 6.54. The monoisotopic (exact) mass is 519 g/mol. The molecular weight excluding hydrogens is 470 g/mol. The molecule has 0 radical (unpaired) electrons. The highest BCUT2D eigenvalue weighted by molar-refractivity contribution is 5.93. The van der Waals surface area contributed by atoms with Crippen molar-refractivity contribution in [3.63, 3.8) is 0 Å². The number of aryl methyl sites for hydroxylation is 1. The standard InChI is InChI=1S/C29H49N3O5/c1-12-15-20(6)30-25(34)23(21-17-14-16-19(5)24(21)33)32(29(10,11)13-2)26(35)22(18(3)4)31-27(36)37-28(7,8)9/h14,16-18,20,22-23,33H,12-13,15H2,1-11H3,(H,30,34)(H,31,36). The highest BCUT2D eigenvalue weighted by atomic mass is 16.6. The van der Waals surface area contributed by atoms with Crippen LogP contribution in [0.2, 0.25) is 0 Å². The molecule has 1 aromatic rings. The van der Waals surface area contributed by atoms with Crippen LogP contribution in [0.5, 0.6) is 5.75 Å². The fraction of sp³-hybridized carbons (Fsp3) is 0.690. The molecule has 0 aliphatic carbocycles. The lowest BCUT2D eigenvalue weighted by molar-refractivity contribution is -0.150. The van der Waals surface area contributed by atoms with Crippen molar-refractivity contribution < 1.29 is 24.2 Å². The molecule has 1 rings (SSSR count). The van der Waals surface area contributed by atoms with Crippen molar-refractivity contribution in [3.05, 3.63) is 29.3 Å². The minimum atomic E-state index is -1.11. The molecule has 0 saturated carbocycles. The Morgan fingerprint density at radius 1 is 1.03 bits per heavy atom. The first-order valence-corrected chi connectivity index (χ1v) is 13.4. The Morgan fingerprint density at radius 2 is 1.62 bits per heavy atom. The summed E-state index contributed by atoms with van der Waals surface area (Å²) in [7, 11) is 0. The van der Waals surface area contributed by atoms with Gasteiger partial charge in [-0.1, -0.05) is 52.3 Å². The smallest absolute Gasteiger partial charge is 0.408 e. The van der Waals surface area contributed by atoms with Crippen molar-refractivity contribution in [2.75, 3.05) is 0 Å². The normalized spacial score (nSPS) is 14.5. The lowest BCUT2D eigenvalue weighted by atomic mass is 9.89. The molecule has 3 amide bonds. The van der Waals surface area contributed by atoms with Crippen LogP contribution in [0.25, 0.3) is 0 Å². The number of hydrogen-bond acceptors (Lipinski definition) is 5. The SMILES string of the molecule is CCCC(C)NC(=O)C(c1cccc(C)c1O)N(C(=O)C(NC(=O)OC(C)(C)C)C(C)C)C(C)(C)CC. The quantitative estimate of drug-likeness (QED) is 0.352. The van der Waals surface area contributed by atoms with Crippen LogP contribution in [0.15, 0.2) is 18.2 Å². The van der Waals surface area contributed by atoms with Crippen LogP contribution in [0.3, 0.4) is 0 Å². The molecule has 8 heteroatoms. The van der Waals surface area contributed by atoms with Crippen molar-refractivity contribution in [2.24, 2.45) is 5.92 Å². The van der Waals surface area contributed by atoms with E-state index < -0.39 is 35.2 Å². The summed E-state index contributed by atoms with van der Waals surface area (Å²) >= 11 is 0. The first-order valence-electron chi connectivity index (χ1n) is 13.4. The maximum atomic E-state index is 14.3. The summed E-state index contributed by atoms with van der Waals surface area (Å²) < 4.78 is 5.43. The van der Waals surface area contributed by atoms with Crippen molar-refractivity contribution in [1.82, 2.24) is 15.5 Å². The Kier molecular flexibility index (Phi) is 11.5. The summed E-state index contributed by atoms with van der Waals surface area (Å²) in [6.45, 7) is 20.4. The van der Waals surface area contributed by atoms with Gasteiger partial charge in [-0.3, -0.25) is 9.59 Å². The molecule has 0 fully saturated rings. The summed E-state index contributed by atoms with van der Waals surface area (Å²) in [6.07, 6.45) is 1.50. The third kappa shape index (κ3) is 8.93. The first kappa shape index (κ1) is 32.3. The Hall–Kier alpha value is -2.77. The molecule has 8 nitrogen and oxygen atoms in total. The van der Waals surface area contributed by atoms with Crippen LogP contribution in [0.1, 0.15) is 106 Å². The van der Waals surface area contributed by atoms with Gasteiger partial charge in [0.15, 0.2) is 0 Å². The molecule has 0 aliphatic heterocycles. The molecule has 0 aliphatic rings. The fourth-order valence-corrected chi connectivity index (χ4v) is 4.17. The second-order valence-corrected chi connectivity index (χ2v) is 11.9. The number of carbonyl (C=O) groups excluding carboxylic acids is 3.